The number of carbonyl (C=O) groups excluding carboxylic acids is 1. The SMILES string of the molecule is CNC(=O)OCc1ccc(Nc2c3ccc(OC)cc3nc3cc(C)c(C)cc23)cc1. The van der Waals surface area contributed by atoms with Crippen molar-refractivity contribution >= 4 is 39.3 Å². The lowest BCUT2D eigenvalue weighted by atomic mass is 10.0. The Morgan fingerprint density at radius 3 is 2.35 bits per heavy atom. The van der Waals surface area contributed by atoms with Gasteiger partial charge in [-0.1, -0.05) is 12.1 Å². The zero-order valence-electron chi connectivity index (χ0n) is 18.1. The zero-order valence-corrected chi connectivity index (χ0v) is 18.1. The molecule has 0 saturated heterocycles. The first-order chi connectivity index (χ1) is 15.0. The number of fused-ring (bicyclic) bond motifs is 2. The number of benzene rings is 3. The Hall–Kier alpha value is -3.80. The van der Waals surface area contributed by atoms with E-state index in [1.165, 1.54) is 18.2 Å². The Kier molecular flexibility index (Phi) is 5.62. The highest BCUT2D eigenvalue weighted by molar-refractivity contribution is 6.09. The summed E-state index contributed by atoms with van der Waals surface area (Å²) in [6, 6.07) is 18.1. The third-order valence-electron chi connectivity index (χ3n) is 5.39. The third kappa shape index (κ3) is 4.23. The number of alkyl carbamates (subject to hydrolysis) is 1. The van der Waals surface area contributed by atoms with Gasteiger partial charge in [-0.25, -0.2) is 9.78 Å². The molecular weight excluding hydrogens is 390 g/mol. The van der Waals surface area contributed by atoms with Crippen molar-refractivity contribution in [2.24, 2.45) is 0 Å². The van der Waals surface area contributed by atoms with Crippen molar-refractivity contribution in [2.45, 2.75) is 20.5 Å². The molecule has 0 aliphatic carbocycles. The minimum Gasteiger partial charge on any atom is -0.497 e. The Morgan fingerprint density at radius 1 is 0.935 bits per heavy atom. The number of amides is 1. The first-order valence-corrected chi connectivity index (χ1v) is 10.1. The minimum absolute atomic E-state index is 0.222. The van der Waals surface area contributed by atoms with Crippen LogP contribution in [0.2, 0.25) is 0 Å². The number of methoxy groups -OCH3 is 1. The van der Waals surface area contributed by atoms with Crippen LogP contribution in [0, 0.1) is 13.8 Å². The molecule has 4 rings (SSSR count). The number of aromatic nitrogens is 1. The molecule has 6 heteroatoms. The molecule has 0 unspecified atom stereocenters. The van der Waals surface area contributed by atoms with Gasteiger partial charge in [-0.15, -0.1) is 0 Å². The van der Waals surface area contributed by atoms with Crippen LogP contribution in [0.4, 0.5) is 16.2 Å². The smallest absolute Gasteiger partial charge is 0.407 e. The highest BCUT2D eigenvalue weighted by Gasteiger charge is 2.12. The van der Waals surface area contributed by atoms with Crippen molar-refractivity contribution < 1.29 is 14.3 Å². The van der Waals surface area contributed by atoms with Crippen LogP contribution < -0.4 is 15.4 Å². The van der Waals surface area contributed by atoms with Crippen LogP contribution in [0.25, 0.3) is 21.8 Å². The number of ether oxygens (including phenoxy) is 2. The average molecular weight is 415 g/mol. The molecule has 2 N–H and O–H groups in total. The van der Waals surface area contributed by atoms with Gasteiger partial charge in [0.15, 0.2) is 0 Å². The molecule has 3 aromatic carbocycles. The van der Waals surface area contributed by atoms with E-state index in [1.54, 1.807) is 7.11 Å². The average Bonchev–Trinajstić information content (AvgIpc) is 2.79. The lowest BCUT2D eigenvalue weighted by molar-refractivity contribution is 0.142. The van der Waals surface area contributed by atoms with E-state index in [1.807, 2.05) is 42.5 Å². The molecule has 6 nitrogen and oxygen atoms in total. The summed E-state index contributed by atoms with van der Waals surface area (Å²) in [4.78, 5) is 16.2. The number of rotatable bonds is 5. The fourth-order valence-corrected chi connectivity index (χ4v) is 3.50. The molecule has 0 bridgehead atoms. The molecule has 0 aliphatic heterocycles. The van der Waals surface area contributed by atoms with Crippen molar-refractivity contribution in [2.75, 3.05) is 19.5 Å². The van der Waals surface area contributed by atoms with Crippen LogP contribution in [0.15, 0.2) is 54.6 Å². The first kappa shape index (κ1) is 20.5. The fourth-order valence-electron chi connectivity index (χ4n) is 3.50. The number of anilines is 2. The number of pyridine rings is 1. The molecule has 0 aliphatic rings. The minimum atomic E-state index is -0.446. The highest BCUT2D eigenvalue weighted by Crippen LogP contribution is 2.35. The molecule has 0 saturated carbocycles. The predicted molar refractivity (Wildman–Crippen MR) is 124 cm³/mol. The van der Waals surface area contributed by atoms with Crippen molar-refractivity contribution in [1.29, 1.82) is 0 Å². The van der Waals surface area contributed by atoms with Crippen LogP contribution in [-0.4, -0.2) is 25.2 Å². The molecule has 0 fully saturated rings. The van der Waals surface area contributed by atoms with Gasteiger partial charge in [-0.05, 0) is 66.9 Å². The Bertz CT molecular complexity index is 1270. The molecule has 0 radical (unpaired) electrons. The fraction of sp³-hybridized carbons (Fsp3) is 0.200. The number of nitrogens with zero attached hydrogens (tertiary/aromatic N) is 1. The molecule has 4 aromatic rings. The van der Waals surface area contributed by atoms with E-state index < -0.39 is 6.09 Å². The van der Waals surface area contributed by atoms with Crippen molar-refractivity contribution in [1.82, 2.24) is 10.3 Å². The first-order valence-electron chi connectivity index (χ1n) is 10.1. The van der Waals surface area contributed by atoms with E-state index in [9.17, 15) is 4.79 Å². The van der Waals surface area contributed by atoms with Gasteiger partial charge in [0.2, 0.25) is 0 Å². The maximum Gasteiger partial charge on any atom is 0.407 e. The molecule has 0 spiro atoms. The molecule has 158 valence electrons. The highest BCUT2D eigenvalue weighted by atomic mass is 16.5. The van der Waals surface area contributed by atoms with Gasteiger partial charge in [-0.3, -0.25) is 0 Å². The summed E-state index contributed by atoms with van der Waals surface area (Å²) in [6.45, 7) is 4.43. The van der Waals surface area contributed by atoms with Gasteiger partial charge >= 0.3 is 6.09 Å². The summed E-state index contributed by atoms with van der Waals surface area (Å²) in [7, 11) is 3.20. The third-order valence-corrected chi connectivity index (χ3v) is 5.39. The Morgan fingerprint density at radius 2 is 1.65 bits per heavy atom. The molecular formula is C25H25N3O3. The van der Waals surface area contributed by atoms with Crippen LogP contribution in [0.3, 0.4) is 0 Å². The largest absolute Gasteiger partial charge is 0.497 e. The summed E-state index contributed by atoms with van der Waals surface area (Å²) in [5.41, 5.74) is 7.07. The normalized spacial score (nSPS) is 10.8. The second-order valence-corrected chi connectivity index (χ2v) is 7.47. The van der Waals surface area contributed by atoms with Gasteiger partial charge in [0, 0.05) is 29.6 Å². The van der Waals surface area contributed by atoms with Crippen molar-refractivity contribution in [3.8, 4) is 5.75 Å². The number of hydrogen-bond donors (Lipinski definition) is 2. The second kappa shape index (κ2) is 8.52. The monoisotopic (exact) mass is 415 g/mol. The van der Waals surface area contributed by atoms with Crippen LogP contribution in [0.5, 0.6) is 5.75 Å². The van der Waals surface area contributed by atoms with Gasteiger partial charge in [-0.2, -0.15) is 0 Å². The van der Waals surface area contributed by atoms with Crippen LogP contribution in [-0.2, 0) is 11.3 Å². The summed E-state index contributed by atoms with van der Waals surface area (Å²) in [5, 5.41) is 8.10. The zero-order chi connectivity index (χ0) is 22.0. The number of hydrogen-bond acceptors (Lipinski definition) is 5. The van der Waals surface area contributed by atoms with Gasteiger partial charge < -0.3 is 20.1 Å². The second-order valence-electron chi connectivity index (χ2n) is 7.47. The standard InChI is InChI=1S/C25H25N3O3/c1-15-11-21-22(12-16(15)2)28-23-13-19(30-4)9-10-20(23)24(21)27-18-7-5-17(6-8-18)14-31-25(29)26-3/h5-13H,14H2,1-4H3,(H,26,29)(H,27,28). The van der Waals surface area contributed by atoms with Gasteiger partial charge in [0.05, 0.1) is 23.8 Å². The van der Waals surface area contributed by atoms with E-state index in [4.69, 9.17) is 14.5 Å². The molecule has 1 heterocycles. The molecule has 0 atom stereocenters. The summed E-state index contributed by atoms with van der Waals surface area (Å²) >= 11 is 0. The molecule has 31 heavy (non-hydrogen) atoms. The summed E-state index contributed by atoms with van der Waals surface area (Å²) in [5.74, 6) is 0.773. The Balaban J connectivity index is 1.76. The van der Waals surface area contributed by atoms with E-state index >= 15 is 0 Å². The lowest BCUT2D eigenvalue weighted by Crippen LogP contribution is -2.18. The maximum atomic E-state index is 11.3. The summed E-state index contributed by atoms with van der Waals surface area (Å²) in [6.07, 6.45) is -0.446. The number of nitrogens with one attached hydrogen (secondary N) is 2. The van der Waals surface area contributed by atoms with Crippen molar-refractivity contribution in [3.05, 3.63) is 71.3 Å². The van der Waals surface area contributed by atoms with Crippen LogP contribution in [0.1, 0.15) is 16.7 Å². The van der Waals surface area contributed by atoms with Crippen molar-refractivity contribution in [3.63, 3.8) is 0 Å². The van der Waals surface area contributed by atoms with E-state index in [2.05, 4.69) is 36.6 Å². The van der Waals surface area contributed by atoms with E-state index in [-0.39, 0.29) is 6.61 Å². The topological polar surface area (TPSA) is 72.5 Å². The summed E-state index contributed by atoms with van der Waals surface area (Å²) < 4.78 is 10.5. The number of carbonyl (C=O) groups is 1. The van der Waals surface area contributed by atoms with Crippen LogP contribution >= 0.6 is 0 Å². The lowest BCUT2D eigenvalue weighted by Gasteiger charge is -2.16. The maximum absolute atomic E-state index is 11.3. The quantitative estimate of drug-likeness (QED) is 0.414. The van der Waals surface area contributed by atoms with Gasteiger partial charge in [0.25, 0.3) is 0 Å². The van der Waals surface area contributed by atoms with E-state index in [0.717, 1.165) is 44.5 Å². The van der Waals surface area contributed by atoms with Gasteiger partial charge in [0.1, 0.15) is 12.4 Å². The van der Waals surface area contributed by atoms with E-state index in [0.29, 0.717) is 0 Å². The molecule has 1 aromatic heterocycles. The Labute approximate surface area is 181 Å². The predicted octanol–water partition coefficient (Wildman–Crippen LogP) is 5.61. The molecule has 1 amide bonds. The number of aryl methyl sites for hydroxylation is 2.